The minimum atomic E-state index is 0.119. The summed E-state index contributed by atoms with van der Waals surface area (Å²) >= 11 is 0. The SMILES string of the molecule is CNc1cc([C@H]2CC(=O)N(Cc3ccccc3)C2)nc(CN(C)CC2CCCCC2)n1. The molecule has 2 heterocycles. The Labute approximate surface area is 186 Å². The molecule has 1 saturated heterocycles. The molecule has 0 unspecified atom stereocenters. The Morgan fingerprint density at radius 1 is 1.13 bits per heavy atom. The number of rotatable bonds is 8. The summed E-state index contributed by atoms with van der Waals surface area (Å²) in [5.41, 5.74) is 2.14. The van der Waals surface area contributed by atoms with Gasteiger partial charge in [-0.25, -0.2) is 9.97 Å². The van der Waals surface area contributed by atoms with Gasteiger partial charge >= 0.3 is 0 Å². The highest BCUT2D eigenvalue weighted by molar-refractivity contribution is 5.79. The molecule has 0 bridgehead atoms. The quantitative estimate of drug-likeness (QED) is 0.697. The molecule has 31 heavy (non-hydrogen) atoms. The number of nitrogens with one attached hydrogen (secondary N) is 1. The minimum absolute atomic E-state index is 0.119. The fourth-order valence-corrected chi connectivity index (χ4v) is 4.97. The predicted molar refractivity (Wildman–Crippen MR) is 124 cm³/mol. The summed E-state index contributed by atoms with van der Waals surface area (Å²) in [5.74, 6) is 2.79. The molecule has 1 aromatic heterocycles. The van der Waals surface area contributed by atoms with Gasteiger partial charge in [-0.15, -0.1) is 0 Å². The van der Waals surface area contributed by atoms with E-state index in [9.17, 15) is 4.79 Å². The van der Waals surface area contributed by atoms with Crippen LogP contribution in [-0.4, -0.2) is 52.9 Å². The first-order valence-electron chi connectivity index (χ1n) is 11.7. The van der Waals surface area contributed by atoms with E-state index in [1.807, 2.05) is 36.2 Å². The molecule has 1 aliphatic heterocycles. The van der Waals surface area contributed by atoms with Crippen molar-refractivity contribution >= 4 is 11.7 Å². The molecule has 2 aromatic rings. The second-order valence-electron chi connectivity index (χ2n) is 9.21. The summed E-state index contributed by atoms with van der Waals surface area (Å²) in [5, 5.41) is 3.18. The Kier molecular flexibility index (Phi) is 7.17. The van der Waals surface area contributed by atoms with Crippen LogP contribution in [0.4, 0.5) is 5.82 Å². The van der Waals surface area contributed by atoms with Crippen molar-refractivity contribution in [2.75, 3.05) is 32.5 Å². The van der Waals surface area contributed by atoms with Gasteiger partial charge in [0.15, 0.2) is 0 Å². The van der Waals surface area contributed by atoms with E-state index < -0.39 is 0 Å². The third-order valence-electron chi connectivity index (χ3n) is 6.60. The van der Waals surface area contributed by atoms with Crippen molar-refractivity contribution < 1.29 is 4.79 Å². The van der Waals surface area contributed by atoms with Crippen LogP contribution in [0.3, 0.4) is 0 Å². The van der Waals surface area contributed by atoms with Gasteiger partial charge in [-0.2, -0.15) is 0 Å². The van der Waals surface area contributed by atoms with Crippen molar-refractivity contribution in [1.82, 2.24) is 19.8 Å². The standard InChI is InChI=1S/C25H35N5O/c1-26-23-14-22(21-13-25(31)30(17-21)16-20-11-7-4-8-12-20)27-24(28-23)18-29(2)15-19-9-5-3-6-10-19/h4,7-8,11-12,14,19,21H,3,5-6,9-10,13,15-18H2,1-2H3,(H,26,27,28)/t21-/m0/s1. The fourth-order valence-electron chi connectivity index (χ4n) is 4.97. The van der Waals surface area contributed by atoms with E-state index in [1.54, 1.807) is 0 Å². The van der Waals surface area contributed by atoms with Crippen LogP contribution >= 0.6 is 0 Å². The highest BCUT2D eigenvalue weighted by Crippen LogP contribution is 2.29. The van der Waals surface area contributed by atoms with Crippen molar-refractivity contribution in [3.63, 3.8) is 0 Å². The zero-order valence-electron chi connectivity index (χ0n) is 18.9. The molecule has 2 fully saturated rings. The number of benzene rings is 1. The number of aromatic nitrogens is 2. The van der Waals surface area contributed by atoms with Crippen molar-refractivity contribution in [2.45, 2.75) is 57.5 Å². The van der Waals surface area contributed by atoms with E-state index in [0.29, 0.717) is 19.5 Å². The first-order chi connectivity index (χ1) is 15.1. The van der Waals surface area contributed by atoms with Crippen LogP contribution in [0.15, 0.2) is 36.4 Å². The van der Waals surface area contributed by atoms with Crippen molar-refractivity contribution in [2.24, 2.45) is 5.92 Å². The molecule has 4 rings (SSSR count). The lowest BCUT2D eigenvalue weighted by molar-refractivity contribution is -0.128. The van der Waals surface area contributed by atoms with Gasteiger partial charge in [0.05, 0.1) is 12.2 Å². The van der Waals surface area contributed by atoms with E-state index in [2.05, 4.69) is 29.4 Å². The number of anilines is 1. The van der Waals surface area contributed by atoms with Crippen molar-refractivity contribution in [3.8, 4) is 0 Å². The lowest BCUT2D eigenvalue weighted by Crippen LogP contribution is -2.28. The summed E-state index contributed by atoms with van der Waals surface area (Å²) in [4.78, 5) is 26.6. The number of nitrogens with zero attached hydrogens (tertiary/aromatic N) is 4. The van der Waals surface area contributed by atoms with E-state index in [0.717, 1.165) is 36.3 Å². The van der Waals surface area contributed by atoms with Gasteiger partial charge in [-0.1, -0.05) is 49.6 Å². The lowest BCUT2D eigenvalue weighted by atomic mass is 9.89. The molecule has 1 saturated carbocycles. The molecule has 2 aliphatic rings. The smallest absolute Gasteiger partial charge is 0.223 e. The van der Waals surface area contributed by atoms with Crippen LogP contribution in [-0.2, 0) is 17.9 Å². The van der Waals surface area contributed by atoms with Gasteiger partial charge < -0.3 is 10.2 Å². The van der Waals surface area contributed by atoms with Crippen LogP contribution in [0.1, 0.15) is 61.5 Å². The second kappa shape index (κ2) is 10.2. The topological polar surface area (TPSA) is 61.4 Å². The maximum absolute atomic E-state index is 12.7. The van der Waals surface area contributed by atoms with Gasteiger partial charge in [0.2, 0.25) is 5.91 Å². The molecular formula is C25H35N5O. The molecule has 0 radical (unpaired) electrons. The Balaban J connectivity index is 1.42. The number of amides is 1. The molecule has 1 aliphatic carbocycles. The molecule has 0 spiro atoms. The maximum Gasteiger partial charge on any atom is 0.223 e. The van der Waals surface area contributed by atoms with Gasteiger partial charge in [0.1, 0.15) is 11.6 Å². The van der Waals surface area contributed by atoms with E-state index in [1.165, 1.54) is 37.7 Å². The first kappa shape index (κ1) is 21.8. The van der Waals surface area contributed by atoms with Crippen LogP contribution in [0, 0.1) is 5.92 Å². The number of carbonyl (C=O) groups is 1. The Bertz CT molecular complexity index is 865. The number of hydrogen-bond donors (Lipinski definition) is 1. The van der Waals surface area contributed by atoms with E-state index in [-0.39, 0.29) is 11.8 Å². The van der Waals surface area contributed by atoms with Crippen molar-refractivity contribution in [3.05, 3.63) is 53.5 Å². The monoisotopic (exact) mass is 421 g/mol. The minimum Gasteiger partial charge on any atom is -0.373 e. The summed E-state index contributed by atoms with van der Waals surface area (Å²) in [6, 6.07) is 12.2. The van der Waals surface area contributed by atoms with Gasteiger partial charge in [-0.3, -0.25) is 9.69 Å². The second-order valence-corrected chi connectivity index (χ2v) is 9.21. The molecule has 6 nitrogen and oxygen atoms in total. The normalized spacial score (nSPS) is 19.9. The van der Waals surface area contributed by atoms with Crippen molar-refractivity contribution in [1.29, 1.82) is 0 Å². The molecule has 1 amide bonds. The number of hydrogen-bond acceptors (Lipinski definition) is 5. The van der Waals surface area contributed by atoms with E-state index in [4.69, 9.17) is 9.97 Å². The summed E-state index contributed by atoms with van der Waals surface area (Å²) < 4.78 is 0. The number of carbonyl (C=O) groups excluding carboxylic acids is 1. The average molecular weight is 422 g/mol. The Hall–Kier alpha value is -2.47. The largest absolute Gasteiger partial charge is 0.373 e. The molecule has 166 valence electrons. The molecule has 6 heteroatoms. The van der Waals surface area contributed by atoms with Gasteiger partial charge in [0, 0.05) is 45.1 Å². The van der Waals surface area contributed by atoms with Crippen LogP contribution < -0.4 is 5.32 Å². The summed E-state index contributed by atoms with van der Waals surface area (Å²) in [6.45, 7) is 3.23. The van der Waals surface area contributed by atoms with Crippen LogP contribution in [0.5, 0.6) is 0 Å². The highest BCUT2D eigenvalue weighted by atomic mass is 16.2. The fraction of sp³-hybridized carbons (Fsp3) is 0.560. The van der Waals surface area contributed by atoms with Gasteiger partial charge in [-0.05, 0) is 31.4 Å². The third kappa shape index (κ3) is 5.82. The van der Waals surface area contributed by atoms with Crippen LogP contribution in [0.2, 0.25) is 0 Å². The molecular weight excluding hydrogens is 386 g/mol. The third-order valence-corrected chi connectivity index (χ3v) is 6.60. The maximum atomic E-state index is 12.7. The predicted octanol–water partition coefficient (Wildman–Crippen LogP) is 4.05. The zero-order chi connectivity index (χ0) is 21.6. The lowest BCUT2D eigenvalue weighted by Gasteiger charge is -2.26. The van der Waals surface area contributed by atoms with E-state index >= 15 is 0 Å². The molecule has 1 aromatic carbocycles. The summed E-state index contributed by atoms with van der Waals surface area (Å²) in [7, 11) is 4.06. The van der Waals surface area contributed by atoms with Crippen LogP contribution in [0.25, 0.3) is 0 Å². The van der Waals surface area contributed by atoms with Gasteiger partial charge in [0.25, 0.3) is 0 Å². The summed E-state index contributed by atoms with van der Waals surface area (Å²) in [6.07, 6.45) is 7.32. The zero-order valence-corrected chi connectivity index (χ0v) is 18.9. The Morgan fingerprint density at radius 2 is 1.90 bits per heavy atom. The Morgan fingerprint density at radius 3 is 2.65 bits per heavy atom. The highest BCUT2D eigenvalue weighted by Gasteiger charge is 2.32. The first-order valence-corrected chi connectivity index (χ1v) is 11.7. The number of likely N-dealkylation sites (tertiary alicyclic amines) is 1. The molecule has 1 atom stereocenters. The molecule has 1 N–H and O–H groups in total. The average Bonchev–Trinajstić information content (AvgIpc) is 3.15.